The van der Waals surface area contributed by atoms with Crippen molar-refractivity contribution in [2.75, 3.05) is 0 Å². The number of rotatable bonds is 5. The van der Waals surface area contributed by atoms with Gasteiger partial charge in [-0.05, 0) is 30.5 Å². The van der Waals surface area contributed by atoms with Crippen molar-refractivity contribution in [1.29, 1.82) is 0 Å². The molecule has 100 valence electrons. The first-order chi connectivity index (χ1) is 9.22. The first kappa shape index (κ1) is 12.4. The van der Waals surface area contributed by atoms with Gasteiger partial charge in [0, 0.05) is 30.9 Å². The van der Waals surface area contributed by atoms with E-state index >= 15 is 0 Å². The molecule has 4 nitrogen and oxygen atoms in total. The predicted molar refractivity (Wildman–Crippen MR) is 75.3 cm³/mol. The molecule has 1 N–H and O–H groups in total. The number of nitrogens with zero attached hydrogens (tertiary/aromatic N) is 3. The second-order valence-corrected chi connectivity index (χ2v) is 5.52. The van der Waals surface area contributed by atoms with E-state index in [0.717, 1.165) is 12.4 Å². The van der Waals surface area contributed by atoms with Crippen LogP contribution in [0.15, 0.2) is 30.6 Å². The van der Waals surface area contributed by atoms with Gasteiger partial charge in [0.05, 0.1) is 5.69 Å². The summed E-state index contributed by atoms with van der Waals surface area (Å²) in [5.41, 5.74) is 2.40. The monoisotopic (exact) mass is 256 g/mol. The summed E-state index contributed by atoms with van der Waals surface area (Å²) < 4.78 is 1.87. The fraction of sp³-hybridized carbons (Fsp3) is 0.467. The zero-order valence-corrected chi connectivity index (χ0v) is 11.5. The van der Waals surface area contributed by atoms with Crippen LogP contribution < -0.4 is 5.32 Å². The summed E-state index contributed by atoms with van der Waals surface area (Å²) in [6.45, 7) is 5.15. The Bertz CT molecular complexity index is 538. The highest BCUT2D eigenvalue weighted by atomic mass is 15.3. The van der Waals surface area contributed by atoms with Gasteiger partial charge in [0.15, 0.2) is 5.82 Å². The average molecular weight is 256 g/mol. The highest BCUT2D eigenvalue weighted by molar-refractivity contribution is 5.26. The zero-order chi connectivity index (χ0) is 13.2. The molecule has 1 aliphatic carbocycles. The quantitative estimate of drug-likeness (QED) is 0.894. The second-order valence-electron chi connectivity index (χ2n) is 5.52. The molecule has 2 aromatic rings. The fourth-order valence-electron chi connectivity index (χ4n) is 2.04. The fourth-order valence-corrected chi connectivity index (χ4v) is 2.04. The van der Waals surface area contributed by atoms with E-state index in [-0.39, 0.29) is 0 Å². The first-order valence-corrected chi connectivity index (χ1v) is 6.96. The van der Waals surface area contributed by atoms with Gasteiger partial charge in [-0.1, -0.05) is 19.9 Å². The maximum Gasteiger partial charge on any atom is 0.153 e. The molecule has 0 amide bonds. The van der Waals surface area contributed by atoms with E-state index in [1.807, 2.05) is 23.1 Å². The number of hydrogen-bond acceptors (Lipinski definition) is 3. The molecule has 2 aromatic heterocycles. The summed E-state index contributed by atoms with van der Waals surface area (Å²) in [7, 11) is 0. The molecule has 4 heteroatoms. The van der Waals surface area contributed by atoms with Gasteiger partial charge in [0.2, 0.25) is 0 Å². The summed E-state index contributed by atoms with van der Waals surface area (Å²) in [5.74, 6) is 1.58. The molecule has 0 aromatic carbocycles. The topological polar surface area (TPSA) is 42.7 Å². The van der Waals surface area contributed by atoms with Crippen molar-refractivity contribution in [2.24, 2.45) is 0 Å². The van der Waals surface area contributed by atoms with E-state index in [0.29, 0.717) is 12.0 Å². The molecule has 19 heavy (non-hydrogen) atoms. The van der Waals surface area contributed by atoms with Crippen LogP contribution in [-0.2, 0) is 6.54 Å². The Morgan fingerprint density at radius 1 is 1.32 bits per heavy atom. The van der Waals surface area contributed by atoms with Crippen LogP contribution in [0.1, 0.15) is 43.9 Å². The lowest BCUT2D eigenvalue weighted by molar-refractivity contribution is 0.587. The van der Waals surface area contributed by atoms with Gasteiger partial charge >= 0.3 is 0 Å². The lowest BCUT2D eigenvalue weighted by Crippen LogP contribution is -2.21. The van der Waals surface area contributed by atoms with Gasteiger partial charge in [0.1, 0.15) is 0 Å². The highest BCUT2D eigenvalue weighted by Gasteiger charge is 2.25. The normalized spacial score (nSPS) is 15.1. The molecule has 1 fully saturated rings. The largest absolute Gasteiger partial charge is 0.310 e. The standard InChI is InChI=1S/C15H20N4/c1-11(2)16-9-12-3-6-15(17-10-12)19-8-7-14(18-19)13-4-5-13/h3,6-8,10-11,13,16H,4-5,9H2,1-2H3. The van der Waals surface area contributed by atoms with E-state index in [1.165, 1.54) is 24.1 Å². The lowest BCUT2D eigenvalue weighted by Gasteiger charge is -2.08. The van der Waals surface area contributed by atoms with E-state index in [9.17, 15) is 0 Å². The van der Waals surface area contributed by atoms with Crippen molar-refractivity contribution >= 4 is 0 Å². The lowest BCUT2D eigenvalue weighted by atomic mass is 10.2. The molecule has 0 spiro atoms. The van der Waals surface area contributed by atoms with E-state index in [4.69, 9.17) is 0 Å². The molecule has 0 aliphatic heterocycles. The van der Waals surface area contributed by atoms with Gasteiger partial charge < -0.3 is 5.32 Å². The molecule has 3 rings (SSSR count). The molecular weight excluding hydrogens is 236 g/mol. The molecule has 0 radical (unpaired) electrons. The van der Waals surface area contributed by atoms with Crippen LogP contribution in [0.5, 0.6) is 0 Å². The Kier molecular flexibility index (Phi) is 3.34. The predicted octanol–water partition coefficient (Wildman–Crippen LogP) is 2.64. The van der Waals surface area contributed by atoms with Crippen LogP contribution in [-0.4, -0.2) is 20.8 Å². The Morgan fingerprint density at radius 2 is 2.16 bits per heavy atom. The van der Waals surface area contributed by atoms with Crippen LogP contribution in [0.4, 0.5) is 0 Å². The SMILES string of the molecule is CC(C)NCc1ccc(-n2ccc(C3CC3)n2)nc1. The number of nitrogens with one attached hydrogen (secondary N) is 1. The molecular formula is C15H20N4. The minimum Gasteiger partial charge on any atom is -0.310 e. The van der Waals surface area contributed by atoms with Gasteiger partial charge in [-0.15, -0.1) is 0 Å². The highest BCUT2D eigenvalue weighted by Crippen LogP contribution is 2.38. The van der Waals surface area contributed by atoms with Gasteiger partial charge in [-0.2, -0.15) is 5.10 Å². The number of hydrogen-bond donors (Lipinski definition) is 1. The number of aromatic nitrogens is 3. The number of pyridine rings is 1. The van der Waals surface area contributed by atoms with Crippen molar-refractivity contribution in [1.82, 2.24) is 20.1 Å². The van der Waals surface area contributed by atoms with E-state index in [1.54, 1.807) is 0 Å². The summed E-state index contributed by atoms with van der Waals surface area (Å²) in [6.07, 6.45) is 6.49. The molecule has 0 unspecified atom stereocenters. The Labute approximate surface area is 113 Å². The minimum absolute atomic E-state index is 0.492. The molecule has 0 atom stereocenters. The van der Waals surface area contributed by atoms with Gasteiger partial charge in [-0.3, -0.25) is 0 Å². The van der Waals surface area contributed by atoms with Crippen LogP contribution >= 0.6 is 0 Å². The Hall–Kier alpha value is -1.68. The Morgan fingerprint density at radius 3 is 2.79 bits per heavy atom. The third kappa shape index (κ3) is 3.01. The molecule has 2 heterocycles. The van der Waals surface area contributed by atoms with Crippen molar-refractivity contribution in [3.8, 4) is 5.82 Å². The maximum absolute atomic E-state index is 4.58. The van der Waals surface area contributed by atoms with E-state index < -0.39 is 0 Å². The van der Waals surface area contributed by atoms with Crippen LogP contribution in [0.3, 0.4) is 0 Å². The third-order valence-corrected chi connectivity index (χ3v) is 3.36. The summed E-state index contributed by atoms with van der Waals surface area (Å²) >= 11 is 0. The molecule has 0 saturated heterocycles. The van der Waals surface area contributed by atoms with Crippen LogP contribution in [0.2, 0.25) is 0 Å². The summed E-state index contributed by atoms with van der Waals surface area (Å²) in [4.78, 5) is 4.48. The smallest absolute Gasteiger partial charge is 0.153 e. The molecule has 0 bridgehead atoms. The van der Waals surface area contributed by atoms with Gasteiger partial charge in [0.25, 0.3) is 0 Å². The second kappa shape index (κ2) is 5.13. The average Bonchev–Trinajstić information content (AvgIpc) is 3.15. The maximum atomic E-state index is 4.58. The van der Waals surface area contributed by atoms with Gasteiger partial charge in [-0.25, -0.2) is 9.67 Å². The van der Waals surface area contributed by atoms with Crippen molar-refractivity contribution < 1.29 is 0 Å². The van der Waals surface area contributed by atoms with Crippen molar-refractivity contribution in [3.05, 3.63) is 41.9 Å². The van der Waals surface area contributed by atoms with E-state index in [2.05, 4.69) is 41.4 Å². The summed E-state index contributed by atoms with van der Waals surface area (Å²) in [6, 6.07) is 6.73. The van der Waals surface area contributed by atoms with Crippen LogP contribution in [0.25, 0.3) is 5.82 Å². The first-order valence-electron chi connectivity index (χ1n) is 6.96. The Balaban J connectivity index is 1.70. The van der Waals surface area contributed by atoms with Crippen LogP contribution in [0, 0.1) is 0 Å². The zero-order valence-electron chi connectivity index (χ0n) is 11.5. The third-order valence-electron chi connectivity index (χ3n) is 3.36. The summed E-state index contributed by atoms with van der Waals surface area (Å²) in [5, 5.41) is 7.97. The molecule has 1 aliphatic rings. The van der Waals surface area contributed by atoms with Crippen molar-refractivity contribution in [3.63, 3.8) is 0 Å². The minimum atomic E-state index is 0.492. The molecule has 1 saturated carbocycles. The van der Waals surface area contributed by atoms with Crippen molar-refractivity contribution in [2.45, 2.75) is 45.2 Å².